The number of hydrogen-bond acceptors (Lipinski definition) is 4. The Morgan fingerprint density at radius 3 is 2.94 bits per heavy atom. The average molecular weight is 313 g/mol. The fraction of sp³-hybridized carbons (Fsp3) is 0.273. The Balaban J connectivity index is 1.77. The molecule has 0 saturated carbocycles. The standard InChI is InChI=1S/C11H13BrN4S/c1-16-8-14-15-11(16)17-7-6-13-10-5-3-2-4-9(10)12/h2-5,8,13H,6-7H2,1H3. The number of hydrogen-bond donors (Lipinski definition) is 1. The van der Waals surface area contributed by atoms with Crippen LogP contribution < -0.4 is 5.32 Å². The summed E-state index contributed by atoms with van der Waals surface area (Å²) in [6, 6.07) is 8.10. The summed E-state index contributed by atoms with van der Waals surface area (Å²) < 4.78 is 3.01. The van der Waals surface area contributed by atoms with Gasteiger partial charge in [0.15, 0.2) is 5.16 Å². The van der Waals surface area contributed by atoms with Gasteiger partial charge < -0.3 is 9.88 Å². The Kier molecular flexibility index (Phi) is 4.44. The molecular formula is C11H13BrN4S. The predicted molar refractivity (Wildman–Crippen MR) is 74.4 cm³/mol. The van der Waals surface area contributed by atoms with Crippen LogP contribution in [-0.4, -0.2) is 27.1 Å². The molecule has 0 saturated heterocycles. The van der Waals surface area contributed by atoms with Gasteiger partial charge in [0.05, 0.1) is 0 Å². The van der Waals surface area contributed by atoms with Gasteiger partial charge in [0.1, 0.15) is 6.33 Å². The van der Waals surface area contributed by atoms with E-state index < -0.39 is 0 Å². The monoisotopic (exact) mass is 312 g/mol. The van der Waals surface area contributed by atoms with Crippen LogP contribution in [-0.2, 0) is 7.05 Å². The number of nitrogens with one attached hydrogen (secondary N) is 1. The average Bonchev–Trinajstić information content (AvgIpc) is 2.73. The Morgan fingerprint density at radius 2 is 2.24 bits per heavy atom. The Bertz CT molecular complexity index is 486. The number of para-hydroxylation sites is 1. The van der Waals surface area contributed by atoms with Crippen molar-refractivity contribution in [3.8, 4) is 0 Å². The molecule has 2 rings (SSSR count). The van der Waals surface area contributed by atoms with Gasteiger partial charge in [0.25, 0.3) is 0 Å². The van der Waals surface area contributed by atoms with Crippen molar-refractivity contribution in [1.82, 2.24) is 14.8 Å². The van der Waals surface area contributed by atoms with Gasteiger partial charge in [-0.05, 0) is 28.1 Å². The molecule has 4 nitrogen and oxygen atoms in total. The lowest BCUT2D eigenvalue weighted by Crippen LogP contribution is -2.05. The van der Waals surface area contributed by atoms with Crippen molar-refractivity contribution in [3.63, 3.8) is 0 Å². The highest BCUT2D eigenvalue weighted by molar-refractivity contribution is 9.10. The summed E-state index contributed by atoms with van der Waals surface area (Å²) in [5.74, 6) is 0.952. The molecule has 17 heavy (non-hydrogen) atoms. The Hall–Kier alpha value is -1.01. The number of anilines is 1. The van der Waals surface area contributed by atoms with Crippen molar-refractivity contribution in [2.45, 2.75) is 5.16 Å². The molecule has 2 aromatic rings. The third-order valence-electron chi connectivity index (χ3n) is 2.19. The number of aryl methyl sites for hydroxylation is 1. The molecule has 0 bridgehead atoms. The molecular weight excluding hydrogens is 300 g/mol. The number of aromatic nitrogens is 3. The highest BCUT2D eigenvalue weighted by Crippen LogP contribution is 2.21. The first-order valence-electron chi connectivity index (χ1n) is 5.22. The van der Waals surface area contributed by atoms with Gasteiger partial charge in [0.2, 0.25) is 0 Å². The van der Waals surface area contributed by atoms with Gasteiger partial charge in [-0.15, -0.1) is 10.2 Å². The minimum absolute atomic E-state index is 0.889. The van der Waals surface area contributed by atoms with E-state index in [9.17, 15) is 0 Å². The molecule has 0 spiro atoms. The van der Waals surface area contributed by atoms with Crippen LogP contribution in [0.15, 0.2) is 40.2 Å². The third kappa shape index (κ3) is 3.47. The predicted octanol–water partition coefficient (Wildman–Crippen LogP) is 2.78. The van der Waals surface area contributed by atoms with E-state index in [2.05, 4.69) is 37.5 Å². The van der Waals surface area contributed by atoms with Gasteiger partial charge in [-0.25, -0.2) is 0 Å². The van der Waals surface area contributed by atoms with Crippen molar-refractivity contribution in [1.29, 1.82) is 0 Å². The number of nitrogens with zero attached hydrogens (tertiary/aromatic N) is 3. The Labute approximate surface area is 113 Å². The maximum absolute atomic E-state index is 4.02. The second-order valence-corrected chi connectivity index (χ2v) is 5.40. The molecule has 0 unspecified atom stereocenters. The van der Waals surface area contributed by atoms with Crippen LogP contribution in [0.3, 0.4) is 0 Å². The summed E-state index contributed by atoms with van der Waals surface area (Å²) in [5.41, 5.74) is 1.12. The molecule has 90 valence electrons. The maximum Gasteiger partial charge on any atom is 0.190 e. The lowest BCUT2D eigenvalue weighted by molar-refractivity contribution is 0.788. The van der Waals surface area contributed by atoms with Gasteiger partial charge >= 0.3 is 0 Å². The van der Waals surface area contributed by atoms with Crippen LogP contribution in [0.1, 0.15) is 0 Å². The first-order chi connectivity index (χ1) is 8.27. The molecule has 1 aromatic carbocycles. The lowest BCUT2D eigenvalue weighted by atomic mass is 10.3. The summed E-state index contributed by atoms with van der Waals surface area (Å²) >= 11 is 5.19. The number of thioether (sulfide) groups is 1. The molecule has 1 N–H and O–H groups in total. The van der Waals surface area contributed by atoms with E-state index in [1.807, 2.05) is 29.8 Å². The molecule has 0 radical (unpaired) electrons. The number of rotatable bonds is 5. The van der Waals surface area contributed by atoms with Gasteiger partial charge in [-0.3, -0.25) is 0 Å². The van der Waals surface area contributed by atoms with Crippen LogP contribution in [0.4, 0.5) is 5.69 Å². The molecule has 0 aliphatic rings. The summed E-state index contributed by atoms with van der Waals surface area (Å²) in [6.07, 6.45) is 1.71. The minimum Gasteiger partial charge on any atom is -0.383 e. The molecule has 6 heteroatoms. The van der Waals surface area contributed by atoms with Crippen LogP contribution in [0.25, 0.3) is 0 Å². The highest BCUT2D eigenvalue weighted by Gasteiger charge is 2.01. The zero-order chi connectivity index (χ0) is 12.1. The zero-order valence-electron chi connectivity index (χ0n) is 9.43. The third-order valence-corrected chi connectivity index (χ3v) is 3.92. The van der Waals surface area contributed by atoms with Crippen molar-refractivity contribution in [3.05, 3.63) is 35.1 Å². The van der Waals surface area contributed by atoms with Crippen LogP contribution in [0.5, 0.6) is 0 Å². The fourth-order valence-corrected chi connectivity index (χ4v) is 2.50. The van der Waals surface area contributed by atoms with Gasteiger partial charge in [-0.2, -0.15) is 0 Å². The number of halogens is 1. The maximum atomic E-state index is 4.02. The van der Waals surface area contributed by atoms with E-state index >= 15 is 0 Å². The lowest BCUT2D eigenvalue weighted by Gasteiger charge is -2.07. The van der Waals surface area contributed by atoms with E-state index in [0.717, 1.165) is 27.6 Å². The van der Waals surface area contributed by atoms with Gasteiger partial charge in [0, 0.05) is 29.5 Å². The van der Waals surface area contributed by atoms with E-state index in [4.69, 9.17) is 0 Å². The molecule has 0 aliphatic heterocycles. The first-order valence-corrected chi connectivity index (χ1v) is 7.00. The van der Waals surface area contributed by atoms with Crippen LogP contribution in [0.2, 0.25) is 0 Å². The van der Waals surface area contributed by atoms with Gasteiger partial charge in [-0.1, -0.05) is 23.9 Å². The smallest absolute Gasteiger partial charge is 0.190 e. The first kappa shape index (κ1) is 12.4. The fourth-order valence-electron chi connectivity index (χ4n) is 1.34. The SMILES string of the molecule is Cn1cnnc1SCCNc1ccccc1Br. The zero-order valence-corrected chi connectivity index (χ0v) is 11.8. The normalized spacial score (nSPS) is 10.5. The van der Waals surface area contributed by atoms with Crippen molar-refractivity contribution in [2.75, 3.05) is 17.6 Å². The quantitative estimate of drug-likeness (QED) is 0.681. The molecule has 0 aliphatic carbocycles. The second-order valence-electron chi connectivity index (χ2n) is 3.48. The van der Waals surface area contributed by atoms with E-state index in [-0.39, 0.29) is 0 Å². The van der Waals surface area contributed by atoms with E-state index in [0.29, 0.717) is 0 Å². The van der Waals surface area contributed by atoms with Crippen LogP contribution in [0, 0.1) is 0 Å². The van der Waals surface area contributed by atoms with Crippen molar-refractivity contribution < 1.29 is 0 Å². The summed E-state index contributed by atoms with van der Waals surface area (Å²) in [6.45, 7) is 0.889. The van der Waals surface area contributed by atoms with E-state index in [1.54, 1.807) is 18.1 Å². The molecule has 0 amide bonds. The van der Waals surface area contributed by atoms with E-state index in [1.165, 1.54) is 0 Å². The highest BCUT2D eigenvalue weighted by atomic mass is 79.9. The largest absolute Gasteiger partial charge is 0.383 e. The topological polar surface area (TPSA) is 42.7 Å². The molecule has 0 fully saturated rings. The minimum atomic E-state index is 0.889. The molecule has 1 heterocycles. The van der Waals surface area contributed by atoms with Crippen LogP contribution >= 0.6 is 27.7 Å². The summed E-state index contributed by atoms with van der Waals surface area (Å²) in [5, 5.41) is 12.2. The second kappa shape index (κ2) is 6.07. The molecule has 0 atom stereocenters. The number of benzene rings is 1. The van der Waals surface area contributed by atoms with Crippen molar-refractivity contribution >= 4 is 33.4 Å². The summed E-state index contributed by atoms with van der Waals surface area (Å²) in [4.78, 5) is 0. The van der Waals surface area contributed by atoms with Crippen molar-refractivity contribution in [2.24, 2.45) is 7.05 Å². The Morgan fingerprint density at radius 1 is 1.41 bits per heavy atom. The summed E-state index contributed by atoms with van der Waals surface area (Å²) in [7, 11) is 1.95. The molecule has 1 aromatic heterocycles.